The number of benzene rings is 2. The molecule has 0 spiro atoms. The Morgan fingerprint density at radius 3 is 2.70 bits per heavy atom. The molecular weight excluding hydrogens is 252 g/mol. The minimum absolute atomic E-state index is 0.111. The van der Waals surface area contributed by atoms with Crippen LogP contribution in [0.25, 0.3) is 10.9 Å². The minimum atomic E-state index is -0.111. The molecular formula is C16H14N2O2. The van der Waals surface area contributed by atoms with Crippen LogP contribution in [-0.2, 0) is 6.61 Å². The molecule has 4 heteroatoms. The summed E-state index contributed by atoms with van der Waals surface area (Å²) < 4.78 is 7.21. The van der Waals surface area contributed by atoms with Crippen molar-refractivity contribution in [2.45, 2.75) is 13.5 Å². The molecule has 0 unspecified atom stereocenters. The average molecular weight is 266 g/mol. The first-order valence-corrected chi connectivity index (χ1v) is 6.40. The van der Waals surface area contributed by atoms with Crippen LogP contribution >= 0.6 is 0 Å². The zero-order valence-corrected chi connectivity index (χ0v) is 11.1. The highest BCUT2D eigenvalue weighted by atomic mass is 16.5. The smallest absolute Gasteiger partial charge is 0.244 e. The fourth-order valence-corrected chi connectivity index (χ4v) is 2.14. The third-order valence-corrected chi connectivity index (χ3v) is 3.11. The van der Waals surface area contributed by atoms with Crippen LogP contribution in [0.15, 0.2) is 54.7 Å². The van der Waals surface area contributed by atoms with E-state index in [9.17, 15) is 4.79 Å². The highest BCUT2D eigenvalue weighted by molar-refractivity contribution is 5.92. The molecule has 2 aromatic carbocycles. The molecule has 4 nitrogen and oxygen atoms in total. The van der Waals surface area contributed by atoms with E-state index in [4.69, 9.17) is 4.74 Å². The predicted molar refractivity (Wildman–Crippen MR) is 76.8 cm³/mol. The molecule has 3 aromatic rings. The van der Waals surface area contributed by atoms with Crippen LogP contribution in [0.4, 0.5) is 0 Å². The van der Waals surface area contributed by atoms with Crippen molar-refractivity contribution in [3.05, 3.63) is 60.3 Å². The van der Waals surface area contributed by atoms with Gasteiger partial charge in [0, 0.05) is 6.92 Å². The average Bonchev–Trinajstić information content (AvgIpc) is 2.91. The van der Waals surface area contributed by atoms with Crippen molar-refractivity contribution >= 4 is 16.8 Å². The van der Waals surface area contributed by atoms with Crippen LogP contribution in [-0.4, -0.2) is 15.7 Å². The number of carbonyl (C=O) groups excluding carboxylic acids is 1. The van der Waals surface area contributed by atoms with Gasteiger partial charge in [-0.15, -0.1) is 0 Å². The summed E-state index contributed by atoms with van der Waals surface area (Å²) in [5.74, 6) is 0.624. The molecule has 0 N–H and O–H groups in total. The van der Waals surface area contributed by atoms with E-state index >= 15 is 0 Å². The molecule has 0 aliphatic carbocycles. The molecule has 3 rings (SSSR count). The lowest BCUT2D eigenvalue weighted by Gasteiger charge is -2.07. The van der Waals surface area contributed by atoms with Crippen LogP contribution in [0.3, 0.4) is 0 Å². The predicted octanol–water partition coefficient (Wildman–Crippen LogP) is 3.28. The quantitative estimate of drug-likeness (QED) is 0.730. The standard InChI is InChI=1S/C16H14N2O2/c1-12(19)18-15-8-5-9-16(14(15)10-17-18)20-11-13-6-3-2-4-7-13/h2-10H,11H2,1H3. The summed E-state index contributed by atoms with van der Waals surface area (Å²) >= 11 is 0. The van der Waals surface area contributed by atoms with Crippen LogP contribution in [0.1, 0.15) is 17.3 Å². The van der Waals surface area contributed by atoms with Gasteiger partial charge >= 0.3 is 0 Å². The first-order chi connectivity index (χ1) is 9.75. The number of fused-ring (bicyclic) bond motifs is 1. The maximum atomic E-state index is 11.5. The second-order valence-corrected chi connectivity index (χ2v) is 4.54. The van der Waals surface area contributed by atoms with E-state index in [-0.39, 0.29) is 5.91 Å². The Kier molecular flexibility index (Phi) is 3.21. The van der Waals surface area contributed by atoms with Gasteiger partial charge in [-0.1, -0.05) is 36.4 Å². The minimum Gasteiger partial charge on any atom is -0.488 e. The molecule has 100 valence electrons. The van der Waals surface area contributed by atoms with Crippen LogP contribution in [0, 0.1) is 0 Å². The Hall–Kier alpha value is -2.62. The highest BCUT2D eigenvalue weighted by Gasteiger charge is 2.10. The number of hydrogen-bond donors (Lipinski definition) is 0. The Labute approximate surface area is 116 Å². The highest BCUT2D eigenvalue weighted by Crippen LogP contribution is 2.26. The van der Waals surface area contributed by atoms with Gasteiger partial charge in [-0.05, 0) is 17.7 Å². The SMILES string of the molecule is CC(=O)n1ncc2c(OCc3ccccc3)cccc21. The van der Waals surface area contributed by atoms with Gasteiger partial charge < -0.3 is 4.74 Å². The number of aromatic nitrogens is 2. The first-order valence-electron chi connectivity index (χ1n) is 6.40. The lowest BCUT2D eigenvalue weighted by Crippen LogP contribution is -2.06. The molecule has 0 aliphatic rings. The first kappa shape index (κ1) is 12.4. The van der Waals surface area contributed by atoms with Gasteiger partial charge in [-0.25, -0.2) is 4.68 Å². The molecule has 0 radical (unpaired) electrons. The number of hydrogen-bond acceptors (Lipinski definition) is 3. The Morgan fingerprint density at radius 1 is 1.15 bits per heavy atom. The fraction of sp³-hybridized carbons (Fsp3) is 0.125. The van der Waals surface area contributed by atoms with Crippen LogP contribution < -0.4 is 4.74 Å². The monoisotopic (exact) mass is 266 g/mol. The van der Waals surface area contributed by atoms with Crippen molar-refractivity contribution in [1.82, 2.24) is 9.78 Å². The van der Waals surface area contributed by atoms with E-state index in [0.29, 0.717) is 6.61 Å². The molecule has 0 saturated carbocycles. The van der Waals surface area contributed by atoms with E-state index < -0.39 is 0 Å². The summed E-state index contributed by atoms with van der Waals surface area (Å²) in [7, 11) is 0. The van der Waals surface area contributed by atoms with E-state index in [1.165, 1.54) is 11.6 Å². The van der Waals surface area contributed by atoms with Gasteiger partial charge in [0.25, 0.3) is 0 Å². The summed E-state index contributed by atoms with van der Waals surface area (Å²) in [5.41, 5.74) is 1.87. The van der Waals surface area contributed by atoms with Crippen molar-refractivity contribution in [2.75, 3.05) is 0 Å². The molecule has 0 aliphatic heterocycles. The Bertz CT molecular complexity index is 748. The summed E-state index contributed by atoms with van der Waals surface area (Å²) in [6.45, 7) is 1.98. The summed E-state index contributed by atoms with van der Waals surface area (Å²) in [6, 6.07) is 15.6. The van der Waals surface area contributed by atoms with E-state index in [0.717, 1.165) is 22.2 Å². The van der Waals surface area contributed by atoms with E-state index in [1.54, 1.807) is 6.20 Å². The topological polar surface area (TPSA) is 44.1 Å². The van der Waals surface area contributed by atoms with Crippen LogP contribution in [0.5, 0.6) is 5.75 Å². The Morgan fingerprint density at radius 2 is 1.95 bits per heavy atom. The molecule has 1 aromatic heterocycles. The van der Waals surface area contributed by atoms with Crippen molar-refractivity contribution in [3.63, 3.8) is 0 Å². The number of carbonyl (C=O) groups is 1. The number of nitrogens with zero attached hydrogens (tertiary/aromatic N) is 2. The molecule has 0 saturated heterocycles. The summed E-state index contributed by atoms with van der Waals surface area (Å²) in [4.78, 5) is 11.5. The number of ether oxygens (including phenoxy) is 1. The van der Waals surface area contributed by atoms with Gasteiger partial charge in [0.05, 0.1) is 17.1 Å². The summed E-state index contributed by atoms with van der Waals surface area (Å²) in [5, 5.41) is 4.94. The molecule has 0 bridgehead atoms. The van der Waals surface area contributed by atoms with E-state index in [2.05, 4.69) is 5.10 Å². The lowest BCUT2D eigenvalue weighted by atomic mass is 10.2. The van der Waals surface area contributed by atoms with Gasteiger partial charge in [0.15, 0.2) is 0 Å². The van der Waals surface area contributed by atoms with Crippen molar-refractivity contribution in [2.24, 2.45) is 0 Å². The second-order valence-electron chi connectivity index (χ2n) is 4.54. The molecule has 0 amide bonds. The fourth-order valence-electron chi connectivity index (χ4n) is 2.14. The molecule has 0 fully saturated rings. The zero-order valence-electron chi connectivity index (χ0n) is 11.1. The lowest BCUT2D eigenvalue weighted by molar-refractivity contribution is 0.0927. The Balaban J connectivity index is 1.90. The maximum Gasteiger partial charge on any atom is 0.244 e. The van der Waals surface area contributed by atoms with Crippen LogP contribution in [0.2, 0.25) is 0 Å². The molecule has 0 atom stereocenters. The second kappa shape index (κ2) is 5.17. The normalized spacial score (nSPS) is 10.7. The number of rotatable bonds is 3. The zero-order chi connectivity index (χ0) is 13.9. The summed E-state index contributed by atoms with van der Waals surface area (Å²) in [6.07, 6.45) is 1.66. The third kappa shape index (κ3) is 2.28. The molecule has 20 heavy (non-hydrogen) atoms. The largest absolute Gasteiger partial charge is 0.488 e. The van der Waals surface area contributed by atoms with Gasteiger partial charge in [0.1, 0.15) is 12.4 Å². The van der Waals surface area contributed by atoms with Crippen molar-refractivity contribution < 1.29 is 9.53 Å². The van der Waals surface area contributed by atoms with E-state index in [1.807, 2.05) is 48.5 Å². The van der Waals surface area contributed by atoms with Gasteiger partial charge in [-0.2, -0.15) is 5.10 Å². The van der Waals surface area contributed by atoms with Gasteiger partial charge in [-0.3, -0.25) is 4.79 Å². The third-order valence-electron chi connectivity index (χ3n) is 3.11. The van der Waals surface area contributed by atoms with Crippen molar-refractivity contribution in [3.8, 4) is 5.75 Å². The van der Waals surface area contributed by atoms with Gasteiger partial charge in [0.2, 0.25) is 5.91 Å². The maximum absolute atomic E-state index is 11.5. The molecule has 1 heterocycles. The van der Waals surface area contributed by atoms with Crippen molar-refractivity contribution in [1.29, 1.82) is 0 Å².